The monoisotopic (exact) mass is 164 g/mol. The molecule has 1 amide bonds. The minimum atomic E-state index is -0.370. The first kappa shape index (κ1) is 7.09. The highest BCUT2D eigenvalue weighted by molar-refractivity contribution is 5.69. The van der Waals surface area contributed by atoms with E-state index >= 15 is 0 Å². The van der Waals surface area contributed by atoms with E-state index in [1.54, 1.807) is 6.20 Å². The summed E-state index contributed by atoms with van der Waals surface area (Å²) in [5, 5.41) is 2.65. The second-order valence-electron chi connectivity index (χ2n) is 2.55. The van der Waals surface area contributed by atoms with Gasteiger partial charge < -0.3 is 10.1 Å². The Labute approximate surface area is 69.6 Å². The van der Waals surface area contributed by atoms with E-state index in [9.17, 15) is 4.79 Å². The van der Waals surface area contributed by atoms with Gasteiger partial charge in [0.1, 0.15) is 12.6 Å². The standard InChI is InChI=1S/C8H8N2O2/c11-8-10-7(5-12-8)6-3-1-2-4-9-6/h1-4,7H,5H2,(H,10,11)/t7-/m0/s1. The Morgan fingerprint density at radius 2 is 2.50 bits per heavy atom. The van der Waals surface area contributed by atoms with E-state index in [2.05, 4.69) is 10.3 Å². The van der Waals surface area contributed by atoms with Crippen LogP contribution in [0.2, 0.25) is 0 Å². The Balaban J connectivity index is 2.16. The van der Waals surface area contributed by atoms with Gasteiger partial charge in [-0.15, -0.1) is 0 Å². The summed E-state index contributed by atoms with van der Waals surface area (Å²) >= 11 is 0. The van der Waals surface area contributed by atoms with Crippen LogP contribution in [0.5, 0.6) is 0 Å². The fourth-order valence-corrected chi connectivity index (χ4v) is 1.13. The van der Waals surface area contributed by atoms with Crippen LogP contribution >= 0.6 is 0 Å². The minimum absolute atomic E-state index is 0.0845. The average Bonchev–Trinajstić information content (AvgIpc) is 2.54. The molecule has 0 spiro atoms. The van der Waals surface area contributed by atoms with Crippen LogP contribution in [0.15, 0.2) is 24.4 Å². The van der Waals surface area contributed by atoms with Crippen molar-refractivity contribution >= 4 is 6.09 Å². The van der Waals surface area contributed by atoms with Crippen LogP contribution in [0.3, 0.4) is 0 Å². The molecule has 0 bridgehead atoms. The Morgan fingerprint density at radius 1 is 1.58 bits per heavy atom. The third-order valence-corrected chi connectivity index (χ3v) is 1.72. The number of alkyl carbamates (subject to hydrolysis) is 1. The van der Waals surface area contributed by atoms with Crippen LogP contribution in [0, 0.1) is 0 Å². The number of amides is 1. The molecule has 1 atom stereocenters. The van der Waals surface area contributed by atoms with Gasteiger partial charge in [-0.1, -0.05) is 6.07 Å². The number of aromatic nitrogens is 1. The zero-order valence-corrected chi connectivity index (χ0v) is 6.36. The van der Waals surface area contributed by atoms with Crippen molar-refractivity contribution in [2.45, 2.75) is 6.04 Å². The Hall–Kier alpha value is -1.58. The zero-order valence-electron chi connectivity index (χ0n) is 6.36. The van der Waals surface area contributed by atoms with Gasteiger partial charge in [-0.25, -0.2) is 4.79 Å². The van der Waals surface area contributed by atoms with Gasteiger partial charge in [0.2, 0.25) is 0 Å². The summed E-state index contributed by atoms with van der Waals surface area (Å²) in [7, 11) is 0. The van der Waals surface area contributed by atoms with E-state index < -0.39 is 0 Å². The molecular formula is C8H8N2O2. The second kappa shape index (κ2) is 2.81. The molecule has 12 heavy (non-hydrogen) atoms. The van der Waals surface area contributed by atoms with E-state index in [0.29, 0.717) is 6.61 Å². The Morgan fingerprint density at radius 3 is 3.08 bits per heavy atom. The molecule has 4 nitrogen and oxygen atoms in total. The predicted octanol–water partition coefficient (Wildman–Crippen LogP) is 0.863. The Kier molecular flexibility index (Phi) is 1.66. The lowest BCUT2D eigenvalue weighted by Crippen LogP contribution is -2.18. The number of nitrogens with one attached hydrogen (secondary N) is 1. The van der Waals surface area contributed by atoms with Crippen LogP contribution in [-0.2, 0) is 4.74 Å². The van der Waals surface area contributed by atoms with Gasteiger partial charge in [-0.05, 0) is 12.1 Å². The number of hydrogen-bond donors (Lipinski definition) is 1. The van der Waals surface area contributed by atoms with Crippen molar-refractivity contribution in [2.24, 2.45) is 0 Å². The number of nitrogens with zero attached hydrogens (tertiary/aromatic N) is 1. The van der Waals surface area contributed by atoms with E-state index in [1.807, 2.05) is 18.2 Å². The lowest BCUT2D eigenvalue weighted by molar-refractivity contribution is 0.177. The molecule has 4 heteroatoms. The van der Waals surface area contributed by atoms with Crippen molar-refractivity contribution in [3.63, 3.8) is 0 Å². The molecule has 2 heterocycles. The SMILES string of the molecule is O=C1N[C@H](c2ccccn2)CO1. The molecule has 1 saturated heterocycles. The van der Waals surface area contributed by atoms with Crippen LogP contribution in [0.25, 0.3) is 0 Å². The van der Waals surface area contributed by atoms with Gasteiger partial charge in [-0.2, -0.15) is 0 Å². The number of cyclic esters (lactones) is 1. The van der Waals surface area contributed by atoms with E-state index in [-0.39, 0.29) is 12.1 Å². The van der Waals surface area contributed by atoms with Crippen molar-refractivity contribution in [1.82, 2.24) is 10.3 Å². The van der Waals surface area contributed by atoms with Gasteiger partial charge >= 0.3 is 6.09 Å². The average molecular weight is 164 g/mol. The summed E-state index contributed by atoms with van der Waals surface area (Å²) in [4.78, 5) is 14.8. The maximum Gasteiger partial charge on any atom is 0.407 e. The molecule has 1 aliphatic heterocycles. The van der Waals surface area contributed by atoms with Gasteiger partial charge in [0, 0.05) is 6.20 Å². The van der Waals surface area contributed by atoms with Gasteiger partial charge in [0.25, 0.3) is 0 Å². The number of ether oxygens (including phenoxy) is 1. The summed E-state index contributed by atoms with van der Waals surface area (Å²) in [6, 6.07) is 5.49. The zero-order chi connectivity index (χ0) is 8.39. The van der Waals surface area contributed by atoms with Gasteiger partial charge in [0.15, 0.2) is 0 Å². The maximum atomic E-state index is 10.7. The van der Waals surface area contributed by atoms with Crippen LogP contribution in [-0.4, -0.2) is 17.7 Å². The smallest absolute Gasteiger partial charge is 0.407 e. The topological polar surface area (TPSA) is 51.2 Å². The molecule has 0 unspecified atom stereocenters. The lowest BCUT2D eigenvalue weighted by atomic mass is 10.2. The molecule has 62 valence electrons. The third-order valence-electron chi connectivity index (χ3n) is 1.72. The molecule has 0 saturated carbocycles. The highest BCUT2D eigenvalue weighted by Crippen LogP contribution is 2.14. The summed E-state index contributed by atoms with van der Waals surface area (Å²) in [5.74, 6) is 0. The first-order valence-corrected chi connectivity index (χ1v) is 3.70. The van der Waals surface area contributed by atoms with Crippen molar-refractivity contribution in [3.8, 4) is 0 Å². The van der Waals surface area contributed by atoms with Gasteiger partial charge in [-0.3, -0.25) is 4.98 Å². The van der Waals surface area contributed by atoms with E-state index in [0.717, 1.165) is 5.69 Å². The molecule has 1 aliphatic rings. The number of carbonyl (C=O) groups is 1. The summed E-state index contributed by atoms with van der Waals surface area (Å²) in [6.07, 6.45) is 1.32. The highest BCUT2D eigenvalue weighted by atomic mass is 16.6. The highest BCUT2D eigenvalue weighted by Gasteiger charge is 2.24. The van der Waals surface area contributed by atoms with Gasteiger partial charge in [0.05, 0.1) is 5.69 Å². The van der Waals surface area contributed by atoms with Crippen LogP contribution in [0.1, 0.15) is 11.7 Å². The van der Waals surface area contributed by atoms with Crippen LogP contribution in [0.4, 0.5) is 4.79 Å². The minimum Gasteiger partial charge on any atom is -0.447 e. The normalized spacial score (nSPS) is 21.7. The van der Waals surface area contributed by atoms with E-state index in [1.165, 1.54) is 0 Å². The van der Waals surface area contributed by atoms with Crippen molar-refractivity contribution < 1.29 is 9.53 Å². The molecule has 1 N–H and O–H groups in total. The van der Waals surface area contributed by atoms with Crippen molar-refractivity contribution in [1.29, 1.82) is 0 Å². The first-order valence-electron chi connectivity index (χ1n) is 3.70. The number of rotatable bonds is 1. The summed E-state index contributed by atoms with van der Waals surface area (Å²) in [5.41, 5.74) is 0.836. The third kappa shape index (κ3) is 1.23. The fourth-order valence-electron chi connectivity index (χ4n) is 1.13. The summed E-state index contributed by atoms with van der Waals surface area (Å²) in [6.45, 7) is 0.371. The molecule has 1 fully saturated rings. The van der Waals surface area contributed by atoms with Crippen LogP contribution < -0.4 is 5.32 Å². The predicted molar refractivity (Wildman–Crippen MR) is 41.5 cm³/mol. The maximum absolute atomic E-state index is 10.7. The number of carbonyl (C=O) groups excluding carboxylic acids is 1. The molecular weight excluding hydrogens is 156 g/mol. The molecule has 0 radical (unpaired) electrons. The molecule has 0 aliphatic carbocycles. The lowest BCUT2D eigenvalue weighted by Gasteiger charge is -2.04. The molecule has 2 rings (SSSR count). The molecule has 1 aromatic heterocycles. The number of hydrogen-bond acceptors (Lipinski definition) is 3. The second-order valence-corrected chi connectivity index (χ2v) is 2.55. The number of pyridine rings is 1. The fraction of sp³-hybridized carbons (Fsp3) is 0.250. The quantitative estimate of drug-likeness (QED) is 0.669. The van der Waals surface area contributed by atoms with E-state index in [4.69, 9.17) is 4.74 Å². The largest absolute Gasteiger partial charge is 0.447 e. The van der Waals surface area contributed by atoms with Crippen molar-refractivity contribution in [3.05, 3.63) is 30.1 Å². The first-order chi connectivity index (χ1) is 5.86. The molecule has 1 aromatic rings. The molecule has 0 aromatic carbocycles. The summed E-state index contributed by atoms with van der Waals surface area (Å²) < 4.78 is 4.73. The van der Waals surface area contributed by atoms with Crippen molar-refractivity contribution in [2.75, 3.05) is 6.61 Å². The Bertz CT molecular complexity index is 286.